The van der Waals surface area contributed by atoms with Crippen molar-refractivity contribution in [2.45, 2.75) is 44.1 Å². The normalized spacial score (nSPS) is 21.9. The molecular formula is C10H16O3. The maximum Gasteiger partial charge on any atom is 0.327 e. The van der Waals surface area contributed by atoms with Gasteiger partial charge in [0.15, 0.2) is 0 Å². The molecule has 1 fully saturated rings. The quantitative estimate of drug-likeness (QED) is 0.656. The molecule has 3 nitrogen and oxygen atoms in total. The van der Waals surface area contributed by atoms with Crippen molar-refractivity contribution in [2.75, 3.05) is 0 Å². The first-order chi connectivity index (χ1) is 6.12. The Bertz CT molecular complexity index is 202. The van der Waals surface area contributed by atoms with Crippen molar-refractivity contribution < 1.29 is 15.0 Å². The van der Waals surface area contributed by atoms with Crippen molar-refractivity contribution in [3.05, 3.63) is 12.2 Å². The van der Waals surface area contributed by atoms with Crippen molar-refractivity contribution in [1.82, 2.24) is 0 Å². The Labute approximate surface area is 78.1 Å². The van der Waals surface area contributed by atoms with Gasteiger partial charge in [0.2, 0.25) is 0 Å². The molecule has 0 atom stereocenters. The van der Waals surface area contributed by atoms with Gasteiger partial charge < -0.3 is 10.2 Å². The molecule has 0 aromatic heterocycles. The maximum absolute atomic E-state index is 10.2. The Hall–Kier alpha value is -0.830. The third-order valence-corrected chi connectivity index (χ3v) is 2.54. The minimum atomic E-state index is -0.945. The van der Waals surface area contributed by atoms with Crippen LogP contribution in [0.15, 0.2) is 12.2 Å². The van der Waals surface area contributed by atoms with E-state index in [1.807, 2.05) is 0 Å². The molecule has 0 saturated heterocycles. The number of carboxylic acid groups (broad SMARTS) is 1. The third-order valence-electron chi connectivity index (χ3n) is 2.54. The standard InChI is InChI=1S/C10H16O3/c11-9(12)5-4-8-10(13)6-2-1-3-7-10/h4-5,13H,1-3,6-8H2,(H,11,12)/b5-4+. The summed E-state index contributed by atoms with van der Waals surface area (Å²) in [6, 6.07) is 0. The first kappa shape index (κ1) is 10.3. The van der Waals surface area contributed by atoms with Crippen molar-refractivity contribution in [1.29, 1.82) is 0 Å². The molecule has 1 aliphatic rings. The Morgan fingerprint density at radius 2 is 1.92 bits per heavy atom. The van der Waals surface area contributed by atoms with Gasteiger partial charge in [0, 0.05) is 6.08 Å². The van der Waals surface area contributed by atoms with Gasteiger partial charge >= 0.3 is 5.97 Å². The minimum absolute atomic E-state index is 0.472. The van der Waals surface area contributed by atoms with Crippen molar-refractivity contribution in [3.63, 3.8) is 0 Å². The number of aliphatic hydroxyl groups is 1. The predicted molar refractivity (Wildman–Crippen MR) is 49.4 cm³/mol. The molecule has 0 unspecified atom stereocenters. The van der Waals surface area contributed by atoms with Crippen LogP contribution in [-0.4, -0.2) is 21.8 Å². The first-order valence-electron chi connectivity index (χ1n) is 4.74. The second-order valence-corrected chi connectivity index (χ2v) is 3.73. The summed E-state index contributed by atoms with van der Waals surface area (Å²) in [7, 11) is 0. The van der Waals surface area contributed by atoms with E-state index in [-0.39, 0.29) is 0 Å². The Morgan fingerprint density at radius 3 is 2.46 bits per heavy atom. The van der Waals surface area contributed by atoms with E-state index in [1.165, 1.54) is 6.42 Å². The summed E-state index contributed by atoms with van der Waals surface area (Å²) in [6.45, 7) is 0. The molecule has 0 aromatic rings. The molecule has 0 aliphatic heterocycles. The fraction of sp³-hybridized carbons (Fsp3) is 0.700. The lowest BCUT2D eigenvalue weighted by Gasteiger charge is -2.30. The van der Waals surface area contributed by atoms with Gasteiger partial charge in [-0.25, -0.2) is 4.79 Å². The monoisotopic (exact) mass is 184 g/mol. The van der Waals surface area contributed by atoms with Gasteiger partial charge in [-0.3, -0.25) is 0 Å². The molecule has 1 saturated carbocycles. The van der Waals surface area contributed by atoms with Crippen LogP contribution in [0.1, 0.15) is 38.5 Å². The molecular weight excluding hydrogens is 168 g/mol. The highest BCUT2D eigenvalue weighted by Gasteiger charge is 2.27. The molecule has 0 amide bonds. The van der Waals surface area contributed by atoms with Crippen LogP contribution >= 0.6 is 0 Å². The topological polar surface area (TPSA) is 57.5 Å². The summed E-state index contributed by atoms with van der Waals surface area (Å²) in [5, 5.41) is 18.3. The van der Waals surface area contributed by atoms with Gasteiger partial charge in [-0.05, 0) is 19.3 Å². The van der Waals surface area contributed by atoms with Gasteiger partial charge in [-0.15, -0.1) is 0 Å². The van der Waals surface area contributed by atoms with E-state index in [0.29, 0.717) is 6.42 Å². The van der Waals surface area contributed by atoms with Crippen LogP contribution < -0.4 is 0 Å². The van der Waals surface area contributed by atoms with E-state index < -0.39 is 11.6 Å². The van der Waals surface area contributed by atoms with Crippen LogP contribution in [0.25, 0.3) is 0 Å². The zero-order valence-corrected chi connectivity index (χ0v) is 7.70. The lowest BCUT2D eigenvalue weighted by molar-refractivity contribution is -0.131. The van der Waals surface area contributed by atoms with E-state index in [4.69, 9.17) is 5.11 Å². The minimum Gasteiger partial charge on any atom is -0.478 e. The van der Waals surface area contributed by atoms with Crippen LogP contribution in [0.3, 0.4) is 0 Å². The molecule has 3 heteroatoms. The Balaban J connectivity index is 2.37. The van der Waals surface area contributed by atoms with E-state index >= 15 is 0 Å². The molecule has 74 valence electrons. The number of carboxylic acids is 1. The zero-order chi connectivity index (χ0) is 9.73. The Morgan fingerprint density at radius 1 is 1.31 bits per heavy atom. The van der Waals surface area contributed by atoms with Crippen LogP contribution in [0.2, 0.25) is 0 Å². The third kappa shape index (κ3) is 3.59. The van der Waals surface area contributed by atoms with Gasteiger partial charge in [0.25, 0.3) is 0 Å². The summed E-state index contributed by atoms with van der Waals surface area (Å²) < 4.78 is 0. The number of aliphatic carboxylic acids is 1. The number of rotatable bonds is 3. The lowest BCUT2D eigenvalue weighted by atomic mass is 9.82. The number of hydrogen-bond acceptors (Lipinski definition) is 2. The highest BCUT2D eigenvalue weighted by atomic mass is 16.4. The summed E-state index contributed by atoms with van der Waals surface area (Å²) in [4.78, 5) is 10.2. The van der Waals surface area contributed by atoms with E-state index in [9.17, 15) is 9.90 Å². The molecule has 0 aromatic carbocycles. The smallest absolute Gasteiger partial charge is 0.327 e. The lowest BCUT2D eigenvalue weighted by Crippen LogP contribution is -2.30. The molecule has 0 heterocycles. The van der Waals surface area contributed by atoms with Crippen LogP contribution in [0.5, 0.6) is 0 Å². The molecule has 1 rings (SSSR count). The first-order valence-corrected chi connectivity index (χ1v) is 4.74. The zero-order valence-electron chi connectivity index (χ0n) is 7.70. The SMILES string of the molecule is O=C(O)/C=C/CC1(O)CCCCC1. The average molecular weight is 184 g/mol. The number of carbonyl (C=O) groups is 1. The average Bonchev–Trinajstić information content (AvgIpc) is 2.04. The fourth-order valence-electron chi connectivity index (χ4n) is 1.79. The van der Waals surface area contributed by atoms with Crippen LogP contribution in [0.4, 0.5) is 0 Å². The van der Waals surface area contributed by atoms with Crippen molar-refractivity contribution >= 4 is 5.97 Å². The Kier molecular flexibility index (Phi) is 3.48. The van der Waals surface area contributed by atoms with E-state index in [1.54, 1.807) is 6.08 Å². The van der Waals surface area contributed by atoms with E-state index in [2.05, 4.69) is 0 Å². The van der Waals surface area contributed by atoms with E-state index in [0.717, 1.165) is 31.8 Å². The van der Waals surface area contributed by atoms with Gasteiger partial charge in [0.05, 0.1) is 5.60 Å². The van der Waals surface area contributed by atoms with Crippen LogP contribution in [-0.2, 0) is 4.79 Å². The molecule has 1 aliphatic carbocycles. The van der Waals surface area contributed by atoms with Crippen molar-refractivity contribution in [2.24, 2.45) is 0 Å². The molecule has 0 radical (unpaired) electrons. The largest absolute Gasteiger partial charge is 0.478 e. The predicted octanol–water partition coefficient (Wildman–Crippen LogP) is 1.71. The van der Waals surface area contributed by atoms with Gasteiger partial charge in [-0.2, -0.15) is 0 Å². The molecule has 2 N–H and O–H groups in total. The molecule has 13 heavy (non-hydrogen) atoms. The summed E-state index contributed by atoms with van der Waals surface area (Å²) >= 11 is 0. The number of hydrogen-bond donors (Lipinski definition) is 2. The van der Waals surface area contributed by atoms with Gasteiger partial charge in [-0.1, -0.05) is 25.3 Å². The fourth-order valence-corrected chi connectivity index (χ4v) is 1.79. The summed E-state index contributed by atoms with van der Waals surface area (Å²) in [5.41, 5.74) is -0.635. The summed E-state index contributed by atoms with van der Waals surface area (Å²) in [5.74, 6) is -0.945. The van der Waals surface area contributed by atoms with Crippen molar-refractivity contribution in [3.8, 4) is 0 Å². The highest BCUT2D eigenvalue weighted by Crippen LogP contribution is 2.30. The summed E-state index contributed by atoms with van der Waals surface area (Å²) in [6.07, 6.45) is 8.02. The highest BCUT2D eigenvalue weighted by molar-refractivity contribution is 5.79. The van der Waals surface area contributed by atoms with Gasteiger partial charge in [0.1, 0.15) is 0 Å². The second kappa shape index (κ2) is 4.42. The molecule has 0 spiro atoms. The van der Waals surface area contributed by atoms with Crippen LogP contribution in [0, 0.1) is 0 Å². The second-order valence-electron chi connectivity index (χ2n) is 3.73. The molecule has 0 bridgehead atoms. The maximum atomic E-state index is 10.2.